The van der Waals surface area contributed by atoms with Gasteiger partial charge in [0.25, 0.3) is 0 Å². The summed E-state index contributed by atoms with van der Waals surface area (Å²) in [5.41, 5.74) is 0.823. The van der Waals surface area contributed by atoms with E-state index in [-0.39, 0.29) is 0 Å². The molecule has 0 radical (unpaired) electrons. The second-order valence-corrected chi connectivity index (χ2v) is 6.95. The van der Waals surface area contributed by atoms with Crippen LogP contribution in [0.15, 0.2) is 4.99 Å². The zero-order chi connectivity index (χ0) is 12.9. The SMILES string of the molecule is CCC(C)(C)CNC1=NCC(CC)(CC)CS1. The molecule has 0 aromatic rings. The summed E-state index contributed by atoms with van der Waals surface area (Å²) in [6, 6.07) is 0. The van der Waals surface area contributed by atoms with Gasteiger partial charge in [-0.1, -0.05) is 46.4 Å². The molecule has 1 heterocycles. The van der Waals surface area contributed by atoms with E-state index in [4.69, 9.17) is 4.99 Å². The molecular weight excluding hydrogens is 228 g/mol. The third-order valence-corrected chi connectivity index (χ3v) is 5.55. The van der Waals surface area contributed by atoms with Crippen molar-refractivity contribution < 1.29 is 0 Å². The van der Waals surface area contributed by atoms with Gasteiger partial charge in [-0.25, -0.2) is 0 Å². The van der Waals surface area contributed by atoms with Crippen molar-refractivity contribution in [1.82, 2.24) is 5.32 Å². The Bertz CT molecular complexity index is 267. The molecule has 0 saturated carbocycles. The predicted octanol–water partition coefficient (Wildman–Crippen LogP) is 3.92. The quantitative estimate of drug-likeness (QED) is 0.806. The van der Waals surface area contributed by atoms with E-state index in [1.165, 1.54) is 25.0 Å². The minimum Gasteiger partial charge on any atom is -0.364 e. The lowest BCUT2D eigenvalue weighted by molar-refractivity contribution is 0.316. The summed E-state index contributed by atoms with van der Waals surface area (Å²) >= 11 is 1.91. The van der Waals surface area contributed by atoms with E-state index in [9.17, 15) is 0 Å². The first-order valence-electron chi connectivity index (χ1n) is 6.88. The van der Waals surface area contributed by atoms with Crippen LogP contribution in [0, 0.1) is 10.8 Å². The molecule has 1 aliphatic heterocycles. The van der Waals surface area contributed by atoms with Gasteiger partial charge in [-0.3, -0.25) is 4.99 Å². The molecule has 1 N–H and O–H groups in total. The highest BCUT2D eigenvalue weighted by Crippen LogP contribution is 2.34. The molecule has 100 valence electrons. The third kappa shape index (κ3) is 4.20. The van der Waals surface area contributed by atoms with Gasteiger partial charge in [0.05, 0.1) is 0 Å². The van der Waals surface area contributed by atoms with Crippen LogP contribution in [-0.4, -0.2) is 24.0 Å². The Morgan fingerprint density at radius 2 is 1.94 bits per heavy atom. The first kappa shape index (κ1) is 14.9. The van der Waals surface area contributed by atoms with E-state index in [0.29, 0.717) is 10.8 Å². The van der Waals surface area contributed by atoms with Crippen molar-refractivity contribution in [2.24, 2.45) is 15.8 Å². The van der Waals surface area contributed by atoms with Crippen LogP contribution in [0.4, 0.5) is 0 Å². The molecule has 0 amide bonds. The molecule has 2 nitrogen and oxygen atoms in total. The second-order valence-electron chi connectivity index (χ2n) is 5.99. The van der Waals surface area contributed by atoms with Crippen LogP contribution in [0.5, 0.6) is 0 Å². The van der Waals surface area contributed by atoms with Crippen molar-refractivity contribution in [3.63, 3.8) is 0 Å². The van der Waals surface area contributed by atoms with Gasteiger partial charge in [-0.05, 0) is 30.1 Å². The van der Waals surface area contributed by atoms with Crippen LogP contribution in [0.2, 0.25) is 0 Å². The van der Waals surface area contributed by atoms with Crippen molar-refractivity contribution in [2.45, 2.75) is 53.9 Å². The monoisotopic (exact) mass is 256 g/mol. The smallest absolute Gasteiger partial charge is 0.156 e. The predicted molar refractivity (Wildman–Crippen MR) is 79.8 cm³/mol. The maximum Gasteiger partial charge on any atom is 0.156 e. The average Bonchev–Trinajstić information content (AvgIpc) is 2.37. The lowest BCUT2D eigenvalue weighted by Crippen LogP contribution is -2.38. The van der Waals surface area contributed by atoms with Crippen molar-refractivity contribution >= 4 is 16.9 Å². The Hall–Kier alpha value is -0.180. The maximum atomic E-state index is 4.73. The lowest BCUT2D eigenvalue weighted by atomic mass is 9.84. The van der Waals surface area contributed by atoms with Crippen LogP contribution >= 0.6 is 11.8 Å². The Labute approximate surface area is 111 Å². The first-order valence-corrected chi connectivity index (χ1v) is 7.86. The van der Waals surface area contributed by atoms with E-state index in [1.807, 2.05) is 11.8 Å². The Balaban J connectivity index is 2.46. The van der Waals surface area contributed by atoms with E-state index in [0.717, 1.165) is 18.3 Å². The largest absolute Gasteiger partial charge is 0.364 e. The molecule has 3 heteroatoms. The van der Waals surface area contributed by atoms with Gasteiger partial charge in [0.1, 0.15) is 0 Å². The number of hydrogen-bond donors (Lipinski definition) is 1. The van der Waals surface area contributed by atoms with Gasteiger partial charge >= 0.3 is 0 Å². The minimum absolute atomic E-state index is 0.368. The Morgan fingerprint density at radius 3 is 2.35 bits per heavy atom. The number of amidine groups is 1. The molecule has 1 aliphatic rings. The van der Waals surface area contributed by atoms with Crippen LogP contribution in [0.1, 0.15) is 53.9 Å². The summed E-state index contributed by atoms with van der Waals surface area (Å²) in [6.07, 6.45) is 3.69. The summed E-state index contributed by atoms with van der Waals surface area (Å²) < 4.78 is 0. The first-order chi connectivity index (χ1) is 7.97. The van der Waals surface area contributed by atoms with Crippen LogP contribution in [-0.2, 0) is 0 Å². The standard InChI is InChI=1S/C14H28N2S/c1-6-13(4,5)9-15-12-16-10-14(7-2,8-3)11-17-12/h6-11H2,1-5H3,(H,15,16). The van der Waals surface area contributed by atoms with Crippen LogP contribution in [0.25, 0.3) is 0 Å². The normalized spacial score (nSPS) is 19.9. The molecule has 0 aliphatic carbocycles. The minimum atomic E-state index is 0.368. The molecule has 0 fully saturated rings. The molecule has 0 atom stereocenters. The van der Waals surface area contributed by atoms with E-state index >= 15 is 0 Å². The molecule has 0 bridgehead atoms. The lowest BCUT2D eigenvalue weighted by Gasteiger charge is -2.34. The molecule has 17 heavy (non-hydrogen) atoms. The average molecular weight is 256 g/mol. The highest BCUT2D eigenvalue weighted by Gasteiger charge is 2.30. The highest BCUT2D eigenvalue weighted by atomic mass is 32.2. The van der Waals surface area contributed by atoms with Crippen molar-refractivity contribution in [3.8, 4) is 0 Å². The van der Waals surface area contributed by atoms with Crippen LogP contribution < -0.4 is 5.32 Å². The van der Waals surface area contributed by atoms with Gasteiger partial charge < -0.3 is 5.32 Å². The fourth-order valence-corrected chi connectivity index (χ4v) is 3.05. The number of nitrogens with one attached hydrogen (secondary N) is 1. The van der Waals surface area contributed by atoms with E-state index in [2.05, 4.69) is 39.9 Å². The Kier molecular flexibility index (Phi) is 5.36. The van der Waals surface area contributed by atoms with Gasteiger partial charge in [-0.15, -0.1) is 0 Å². The van der Waals surface area contributed by atoms with E-state index < -0.39 is 0 Å². The highest BCUT2D eigenvalue weighted by molar-refractivity contribution is 8.13. The number of thioether (sulfide) groups is 1. The van der Waals surface area contributed by atoms with Gasteiger partial charge in [0.15, 0.2) is 5.17 Å². The molecule has 0 unspecified atom stereocenters. The molecule has 0 saturated heterocycles. The summed E-state index contributed by atoms with van der Waals surface area (Å²) in [7, 11) is 0. The number of rotatable bonds is 5. The zero-order valence-electron chi connectivity index (χ0n) is 12.1. The number of aliphatic imine (C=N–C) groups is 1. The molecule has 0 aromatic heterocycles. The summed E-state index contributed by atoms with van der Waals surface area (Å²) in [4.78, 5) is 4.73. The number of hydrogen-bond acceptors (Lipinski definition) is 3. The molecule has 1 rings (SSSR count). The molecule has 0 spiro atoms. The topological polar surface area (TPSA) is 24.4 Å². The van der Waals surface area contributed by atoms with Crippen LogP contribution in [0.3, 0.4) is 0 Å². The summed E-state index contributed by atoms with van der Waals surface area (Å²) in [5.74, 6) is 1.22. The van der Waals surface area contributed by atoms with Crippen molar-refractivity contribution in [1.29, 1.82) is 0 Å². The second kappa shape index (κ2) is 6.12. The van der Waals surface area contributed by atoms with Gasteiger partial charge in [0.2, 0.25) is 0 Å². The fourth-order valence-electron chi connectivity index (χ4n) is 1.78. The van der Waals surface area contributed by atoms with Gasteiger partial charge in [0, 0.05) is 18.8 Å². The van der Waals surface area contributed by atoms with Gasteiger partial charge in [-0.2, -0.15) is 0 Å². The molecule has 0 aromatic carbocycles. The molecular formula is C14H28N2S. The number of nitrogens with zero attached hydrogens (tertiary/aromatic N) is 1. The summed E-state index contributed by atoms with van der Waals surface area (Å²) in [5, 5.41) is 4.67. The third-order valence-electron chi connectivity index (χ3n) is 4.25. The fraction of sp³-hybridized carbons (Fsp3) is 0.929. The summed E-state index contributed by atoms with van der Waals surface area (Å²) in [6.45, 7) is 13.5. The van der Waals surface area contributed by atoms with Crippen molar-refractivity contribution in [3.05, 3.63) is 0 Å². The van der Waals surface area contributed by atoms with E-state index in [1.54, 1.807) is 0 Å². The zero-order valence-corrected chi connectivity index (χ0v) is 12.9. The maximum absolute atomic E-state index is 4.73. The van der Waals surface area contributed by atoms with Crippen molar-refractivity contribution in [2.75, 3.05) is 18.8 Å². The Morgan fingerprint density at radius 1 is 1.29 bits per heavy atom.